The van der Waals surface area contributed by atoms with Crippen molar-refractivity contribution in [1.29, 1.82) is 0 Å². The van der Waals surface area contributed by atoms with Gasteiger partial charge < -0.3 is 4.90 Å². The first-order valence-corrected chi connectivity index (χ1v) is 8.71. The molecule has 1 aromatic rings. The lowest BCUT2D eigenvalue weighted by atomic mass is 10.0. The van der Waals surface area contributed by atoms with E-state index in [2.05, 4.69) is 31.9 Å². The Bertz CT molecular complexity index is 605. The van der Waals surface area contributed by atoms with Crippen LogP contribution < -0.4 is 4.90 Å². The monoisotopic (exact) mass is 414 g/mol. The van der Waals surface area contributed by atoms with E-state index in [1.807, 2.05) is 25.1 Å². The summed E-state index contributed by atoms with van der Waals surface area (Å²) >= 11 is 6.95. The highest BCUT2D eigenvalue weighted by Gasteiger charge is 2.47. The van der Waals surface area contributed by atoms with Crippen molar-refractivity contribution < 1.29 is 9.59 Å². The van der Waals surface area contributed by atoms with E-state index in [1.165, 1.54) is 0 Å². The fraction of sp³-hybridized carbons (Fsp3) is 0.467. The van der Waals surface area contributed by atoms with Gasteiger partial charge in [-0.15, -0.1) is 0 Å². The van der Waals surface area contributed by atoms with Crippen molar-refractivity contribution in [2.45, 2.75) is 38.3 Å². The van der Waals surface area contributed by atoms with Crippen LogP contribution in [0.25, 0.3) is 0 Å². The fourth-order valence-electron chi connectivity index (χ4n) is 3.22. The van der Waals surface area contributed by atoms with E-state index >= 15 is 0 Å². The van der Waals surface area contributed by atoms with Crippen molar-refractivity contribution in [3.8, 4) is 0 Å². The number of amides is 2. The number of carbonyl (C=O) groups excluding carboxylic acids is 2. The zero-order valence-corrected chi connectivity index (χ0v) is 14.9. The number of nitrogens with zero attached hydrogens (tertiary/aromatic N) is 2. The summed E-state index contributed by atoms with van der Waals surface area (Å²) in [5.74, 6) is 0.115. The molecule has 2 aliphatic heterocycles. The molecule has 4 nitrogen and oxygen atoms in total. The highest BCUT2D eigenvalue weighted by atomic mass is 79.9. The minimum atomic E-state index is -0.405. The van der Waals surface area contributed by atoms with Gasteiger partial charge in [-0.3, -0.25) is 14.5 Å². The summed E-state index contributed by atoms with van der Waals surface area (Å²) in [4.78, 5) is 29.0. The van der Waals surface area contributed by atoms with Gasteiger partial charge in [-0.25, -0.2) is 0 Å². The Hall–Kier alpha value is -0.880. The molecule has 112 valence electrons. The van der Waals surface area contributed by atoms with Crippen molar-refractivity contribution in [1.82, 2.24) is 4.90 Å². The molecule has 6 heteroatoms. The van der Waals surface area contributed by atoms with Gasteiger partial charge in [0.25, 0.3) is 5.91 Å². The summed E-state index contributed by atoms with van der Waals surface area (Å²) in [6.07, 6.45) is 2.29. The van der Waals surface area contributed by atoms with E-state index in [0.29, 0.717) is 13.0 Å². The molecule has 0 aliphatic carbocycles. The largest absolute Gasteiger partial charge is 0.329 e. The van der Waals surface area contributed by atoms with Gasteiger partial charge in [0.05, 0.1) is 5.69 Å². The summed E-state index contributed by atoms with van der Waals surface area (Å²) in [7, 11) is 0. The second-order valence-electron chi connectivity index (χ2n) is 5.42. The SMILES string of the molecule is CCC1C(=O)N2CCCC2C(=O)N1c1cc(Br)ccc1Br. The van der Waals surface area contributed by atoms with Gasteiger partial charge in [0.2, 0.25) is 5.91 Å². The summed E-state index contributed by atoms with van der Waals surface area (Å²) in [6.45, 7) is 2.66. The number of anilines is 1. The van der Waals surface area contributed by atoms with Crippen LogP contribution >= 0.6 is 31.9 Å². The number of carbonyl (C=O) groups is 2. The van der Waals surface area contributed by atoms with Gasteiger partial charge in [-0.1, -0.05) is 22.9 Å². The zero-order chi connectivity index (χ0) is 15.1. The van der Waals surface area contributed by atoms with Crippen LogP contribution in [0.1, 0.15) is 26.2 Å². The Morgan fingerprint density at radius 2 is 2.00 bits per heavy atom. The van der Waals surface area contributed by atoms with Gasteiger partial charge in [-0.2, -0.15) is 0 Å². The van der Waals surface area contributed by atoms with Crippen LogP contribution in [0.15, 0.2) is 27.1 Å². The average molecular weight is 416 g/mol. The first-order valence-electron chi connectivity index (χ1n) is 7.13. The Morgan fingerprint density at radius 3 is 2.71 bits per heavy atom. The molecule has 0 bridgehead atoms. The first-order chi connectivity index (χ1) is 10.0. The van der Waals surface area contributed by atoms with Gasteiger partial charge in [0.15, 0.2) is 0 Å². The normalized spacial score (nSPS) is 25.5. The molecule has 0 aromatic heterocycles. The molecule has 0 spiro atoms. The van der Waals surface area contributed by atoms with Crippen LogP contribution in [0.5, 0.6) is 0 Å². The Kier molecular flexibility index (Phi) is 4.10. The van der Waals surface area contributed by atoms with E-state index < -0.39 is 6.04 Å². The number of fused-ring (bicyclic) bond motifs is 1. The third-order valence-corrected chi connectivity index (χ3v) is 5.37. The molecule has 0 saturated carbocycles. The summed E-state index contributed by atoms with van der Waals surface area (Å²) < 4.78 is 1.72. The standard InChI is InChI=1S/C15H16Br2N2O2/c1-2-11-14(20)18-7-3-4-12(18)15(21)19(11)13-8-9(16)5-6-10(13)17/h5-6,8,11-12H,2-4,7H2,1H3. The van der Waals surface area contributed by atoms with Gasteiger partial charge in [-0.05, 0) is 53.4 Å². The predicted molar refractivity (Wildman–Crippen MR) is 88.1 cm³/mol. The quantitative estimate of drug-likeness (QED) is 0.743. The predicted octanol–water partition coefficient (Wildman–Crippen LogP) is 3.33. The second kappa shape index (κ2) is 5.72. The van der Waals surface area contributed by atoms with E-state index in [4.69, 9.17) is 0 Å². The topological polar surface area (TPSA) is 40.6 Å². The van der Waals surface area contributed by atoms with Crippen LogP contribution in [-0.4, -0.2) is 35.3 Å². The summed E-state index contributed by atoms with van der Waals surface area (Å²) in [6, 6.07) is 5.00. The lowest BCUT2D eigenvalue weighted by molar-refractivity contribution is -0.144. The summed E-state index contributed by atoms with van der Waals surface area (Å²) in [5, 5.41) is 0. The smallest absolute Gasteiger partial charge is 0.250 e. The molecule has 2 aliphatic rings. The molecular formula is C15H16Br2N2O2. The maximum atomic E-state index is 12.9. The maximum Gasteiger partial charge on any atom is 0.250 e. The molecule has 2 atom stereocenters. The molecule has 21 heavy (non-hydrogen) atoms. The number of halogens is 2. The second-order valence-corrected chi connectivity index (χ2v) is 7.19. The molecule has 1 aromatic carbocycles. The van der Waals surface area contributed by atoms with Crippen LogP contribution in [-0.2, 0) is 9.59 Å². The van der Waals surface area contributed by atoms with Crippen molar-refractivity contribution in [2.75, 3.05) is 11.4 Å². The fourth-order valence-corrected chi connectivity index (χ4v) is 4.00. The van der Waals surface area contributed by atoms with Crippen molar-refractivity contribution in [3.63, 3.8) is 0 Å². The molecule has 2 unspecified atom stereocenters. The molecular weight excluding hydrogens is 400 g/mol. The molecule has 0 radical (unpaired) electrons. The molecule has 2 amide bonds. The highest BCUT2D eigenvalue weighted by Crippen LogP contribution is 2.36. The van der Waals surface area contributed by atoms with Gasteiger partial charge >= 0.3 is 0 Å². The van der Waals surface area contributed by atoms with E-state index in [1.54, 1.807) is 9.80 Å². The lowest BCUT2D eigenvalue weighted by Crippen LogP contribution is -2.63. The lowest BCUT2D eigenvalue weighted by Gasteiger charge is -2.42. The maximum absolute atomic E-state index is 12.9. The number of hydrogen-bond donors (Lipinski definition) is 0. The highest BCUT2D eigenvalue weighted by molar-refractivity contribution is 9.11. The van der Waals surface area contributed by atoms with Gasteiger partial charge in [0, 0.05) is 15.5 Å². The van der Waals surface area contributed by atoms with Crippen LogP contribution in [0.4, 0.5) is 5.69 Å². The molecule has 2 fully saturated rings. The van der Waals surface area contributed by atoms with Crippen LogP contribution in [0, 0.1) is 0 Å². The summed E-state index contributed by atoms with van der Waals surface area (Å²) in [5.41, 5.74) is 0.765. The Morgan fingerprint density at radius 1 is 1.24 bits per heavy atom. The number of benzene rings is 1. The Balaban J connectivity index is 2.08. The van der Waals surface area contributed by atoms with E-state index in [-0.39, 0.29) is 17.9 Å². The van der Waals surface area contributed by atoms with Crippen LogP contribution in [0.3, 0.4) is 0 Å². The van der Waals surface area contributed by atoms with Crippen molar-refractivity contribution in [3.05, 3.63) is 27.1 Å². The molecule has 2 heterocycles. The first kappa shape index (κ1) is 15.0. The zero-order valence-electron chi connectivity index (χ0n) is 11.7. The van der Waals surface area contributed by atoms with E-state index in [9.17, 15) is 9.59 Å². The third kappa shape index (κ3) is 2.42. The molecule has 0 N–H and O–H groups in total. The third-order valence-electron chi connectivity index (χ3n) is 4.21. The number of rotatable bonds is 2. The minimum absolute atomic E-state index is 0.0396. The number of piperazine rings is 1. The molecule has 2 saturated heterocycles. The van der Waals surface area contributed by atoms with Crippen molar-refractivity contribution in [2.24, 2.45) is 0 Å². The minimum Gasteiger partial charge on any atom is -0.329 e. The molecule has 3 rings (SSSR count). The number of hydrogen-bond acceptors (Lipinski definition) is 2. The van der Waals surface area contributed by atoms with Crippen LogP contribution in [0.2, 0.25) is 0 Å². The van der Waals surface area contributed by atoms with E-state index in [0.717, 1.165) is 27.5 Å². The average Bonchev–Trinajstić information content (AvgIpc) is 2.95. The Labute approximate surface area is 140 Å². The van der Waals surface area contributed by atoms with Crippen molar-refractivity contribution >= 4 is 49.4 Å². The van der Waals surface area contributed by atoms with Gasteiger partial charge in [0.1, 0.15) is 12.1 Å².